The largest absolute Gasteiger partial charge is 0.383 e. The Morgan fingerprint density at radius 3 is 1.95 bits per heavy atom. The Labute approximate surface area is 129 Å². The lowest BCUT2D eigenvalue weighted by molar-refractivity contribution is 0.108. The van der Waals surface area contributed by atoms with Gasteiger partial charge in [0.1, 0.15) is 0 Å². The number of hydrogen-bond acceptors (Lipinski definition) is 4. The molecule has 120 valence electrons. The summed E-state index contributed by atoms with van der Waals surface area (Å²) < 4.78 is 10.4. The van der Waals surface area contributed by atoms with E-state index in [4.69, 9.17) is 9.47 Å². The predicted molar refractivity (Wildman–Crippen MR) is 87.9 cm³/mol. The van der Waals surface area contributed by atoms with Gasteiger partial charge in [0.05, 0.1) is 13.2 Å². The molecule has 0 bridgehead atoms. The minimum atomic E-state index is 0.317. The molecule has 0 fully saturated rings. The summed E-state index contributed by atoms with van der Waals surface area (Å²) in [5, 5.41) is 3.43. The zero-order chi connectivity index (χ0) is 15.7. The number of ether oxygens (including phenoxy) is 2. The van der Waals surface area contributed by atoms with Gasteiger partial charge in [0.2, 0.25) is 0 Å². The predicted octanol–water partition coefficient (Wildman–Crippen LogP) is 2.16. The van der Waals surface area contributed by atoms with Crippen molar-refractivity contribution in [3.63, 3.8) is 0 Å². The van der Waals surface area contributed by atoms with E-state index in [1.54, 1.807) is 14.2 Å². The van der Waals surface area contributed by atoms with E-state index < -0.39 is 0 Å². The van der Waals surface area contributed by atoms with Crippen LogP contribution in [0.5, 0.6) is 0 Å². The molecular formula is C17H30N2O2. The Morgan fingerprint density at radius 1 is 1.00 bits per heavy atom. The average Bonchev–Trinajstić information content (AvgIpc) is 2.45. The van der Waals surface area contributed by atoms with Crippen LogP contribution in [0.15, 0.2) is 18.2 Å². The van der Waals surface area contributed by atoms with Crippen LogP contribution >= 0.6 is 0 Å². The molecule has 0 aliphatic rings. The molecule has 1 N–H and O–H groups in total. The van der Waals surface area contributed by atoms with Crippen molar-refractivity contribution in [3.05, 3.63) is 34.9 Å². The van der Waals surface area contributed by atoms with Crippen molar-refractivity contribution in [1.82, 2.24) is 10.2 Å². The zero-order valence-corrected chi connectivity index (χ0v) is 14.1. The fourth-order valence-corrected chi connectivity index (χ4v) is 2.57. The van der Waals surface area contributed by atoms with Crippen LogP contribution in [-0.2, 0) is 9.47 Å². The van der Waals surface area contributed by atoms with Gasteiger partial charge in [0.15, 0.2) is 0 Å². The van der Waals surface area contributed by atoms with Gasteiger partial charge in [-0.15, -0.1) is 0 Å². The van der Waals surface area contributed by atoms with Crippen LogP contribution in [0, 0.1) is 13.8 Å². The summed E-state index contributed by atoms with van der Waals surface area (Å²) in [5.41, 5.74) is 3.96. The van der Waals surface area contributed by atoms with Crippen LogP contribution < -0.4 is 5.32 Å². The summed E-state index contributed by atoms with van der Waals surface area (Å²) in [4.78, 5) is 2.38. The van der Waals surface area contributed by atoms with Gasteiger partial charge >= 0.3 is 0 Å². The van der Waals surface area contributed by atoms with Gasteiger partial charge in [-0.05, 0) is 26.5 Å². The van der Waals surface area contributed by atoms with Crippen LogP contribution in [0.25, 0.3) is 0 Å². The second kappa shape index (κ2) is 9.90. The maximum absolute atomic E-state index is 5.21. The molecule has 0 aliphatic heterocycles. The van der Waals surface area contributed by atoms with E-state index >= 15 is 0 Å². The standard InChI is InChI=1S/C17H30N2O2/c1-14-10-15(2)12-16(11-14)17(18-3)13-19(6-8-20-4)7-9-21-5/h10-12,17-18H,6-9,13H2,1-5H3. The number of nitrogens with zero attached hydrogens (tertiary/aromatic N) is 1. The Balaban J connectivity index is 2.75. The number of rotatable bonds is 10. The molecule has 21 heavy (non-hydrogen) atoms. The fraction of sp³-hybridized carbons (Fsp3) is 0.647. The van der Waals surface area contributed by atoms with E-state index in [0.717, 1.165) is 32.8 Å². The lowest BCUT2D eigenvalue weighted by Gasteiger charge is -2.27. The Hall–Kier alpha value is -0.940. The molecule has 1 aromatic rings. The SMILES string of the molecule is CNC(CN(CCOC)CCOC)c1cc(C)cc(C)c1. The van der Waals surface area contributed by atoms with E-state index in [1.807, 2.05) is 7.05 Å². The van der Waals surface area contributed by atoms with Crippen molar-refractivity contribution in [2.24, 2.45) is 0 Å². The first-order valence-electron chi connectivity index (χ1n) is 7.56. The van der Waals surface area contributed by atoms with Crippen molar-refractivity contribution in [2.45, 2.75) is 19.9 Å². The van der Waals surface area contributed by atoms with Gasteiger partial charge < -0.3 is 14.8 Å². The zero-order valence-electron chi connectivity index (χ0n) is 14.1. The van der Waals surface area contributed by atoms with Crippen LogP contribution in [0.1, 0.15) is 22.7 Å². The third-order valence-electron chi connectivity index (χ3n) is 3.66. The van der Waals surface area contributed by atoms with Crippen molar-refractivity contribution >= 4 is 0 Å². The summed E-state index contributed by atoms with van der Waals surface area (Å²) in [6.45, 7) is 8.57. The van der Waals surface area contributed by atoms with Gasteiger partial charge in [0, 0.05) is 39.9 Å². The third-order valence-corrected chi connectivity index (χ3v) is 3.66. The molecule has 0 spiro atoms. The summed E-state index contributed by atoms with van der Waals surface area (Å²) in [6, 6.07) is 7.05. The first kappa shape index (κ1) is 18.1. The van der Waals surface area contributed by atoms with Crippen molar-refractivity contribution in [3.8, 4) is 0 Å². The van der Waals surface area contributed by atoms with E-state index in [-0.39, 0.29) is 0 Å². The minimum absolute atomic E-state index is 0.317. The monoisotopic (exact) mass is 294 g/mol. The topological polar surface area (TPSA) is 33.7 Å². The molecule has 0 heterocycles. The minimum Gasteiger partial charge on any atom is -0.383 e. The molecular weight excluding hydrogens is 264 g/mol. The van der Waals surface area contributed by atoms with Gasteiger partial charge in [0.25, 0.3) is 0 Å². The molecule has 1 aromatic carbocycles. The van der Waals surface area contributed by atoms with Crippen molar-refractivity contribution in [1.29, 1.82) is 0 Å². The maximum Gasteiger partial charge on any atom is 0.0589 e. The molecule has 0 saturated carbocycles. The second-order valence-electron chi connectivity index (χ2n) is 5.55. The molecule has 4 heteroatoms. The number of benzene rings is 1. The second-order valence-corrected chi connectivity index (χ2v) is 5.55. The van der Waals surface area contributed by atoms with Crippen molar-refractivity contribution in [2.75, 3.05) is 54.1 Å². The molecule has 0 aliphatic carbocycles. The lowest BCUT2D eigenvalue weighted by atomic mass is 10.0. The Bertz CT molecular complexity index is 382. The summed E-state index contributed by atoms with van der Waals surface area (Å²) >= 11 is 0. The highest BCUT2D eigenvalue weighted by atomic mass is 16.5. The number of methoxy groups -OCH3 is 2. The highest BCUT2D eigenvalue weighted by Gasteiger charge is 2.15. The maximum atomic E-state index is 5.21. The summed E-state index contributed by atoms with van der Waals surface area (Å²) in [7, 11) is 5.51. The highest BCUT2D eigenvalue weighted by molar-refractivity contribution is 5.30. The first-order valence-corrected chi connectivity index (χ1v) is 7.56. The number of aryl methyl sites for hydroxylation is 2. The summed E-state index contributed by atoms with van der Waals surface area (Å²) in [6.07, 6.45) is 0. The highest BCUT2D eigenvalue weighted by Crippen LogP contribution is 2.18. The van der Waals surface area contributed by atoms with Gasteiger partial charge in [-0.1, -0.05) is 29.3 Å². The van der Waals surface area contributed by atoms with E-state index in [9.17, 15) is 0 Å². The van der Waals surface area contributed by atoms with Crippen LogP contribution in [0.3, 0.4) is 0 Å². The van der Waals surface area contributed by atoms with E-state index in [2.05, 4.69) is 42.3 Å². The first-order chi connectivity index (χ1) is 10.1. The van der Waals surface area contributed by atoms with Gasteiger partial charge in [-0.3, -0.25) is 4.90 Å². The number of likely N-dealkylation sites (N-methyl/N-ethyl adjacent to an activating group) is 1. The Morgan fingerprint density at radius 2 is 1.52 bits per heavy atom. The van der Waals surface area contributed by atoms with Crippen LogP contribution in [0.2, 0.25) is 0 Å². The van der Waals surface area contributed by atoms with E-state index in [0.29, 0.717) is 6.04 Å². The molecule has 0 saturated heterocycles. The molecule has 4 nitrogen and oxygen atoms in total. The van der Waals surface area contributed by atoms with Crippen LogP contribution in [-0.4, -0.2) is 59.0 Å². The quantitative estimate of drug-likeness (QED) is 0.717. The third kappa shape index (κ3) is 6.57. The van der Waals surface area contributed by atoms with Gasteiger partial charge in [-0.2, -0.15) is 0 Å². The van der Waals surface area contributed by atoms with Gasteiger partial charge in [-0.25, -0.2) is 0 Å². The lowest BCUT2D eigenvalue weighted by Crippen LogP contribution is -2.37. The van der Waals surface area contributed by atoms with Crippen molar-refractivity contribution < 1.29 is 9.47 Å². The number of nitrogens with one attached hydrogen (secondary N) is 1. The smallest absolute Gasteiger partial charge is 0.0589 e. The fourth-order valence-electron chi connectivity index (χ4n) is 2.57. The average molecular weight is 294 g/mol. The molecule has 0 amide bonds. The van der Waals surface area contributed by atoms with Crippen LogP contribution in [0.4, 0.5) is 0 Å². The summed E-state index contributed by atoms with van der Waals surface area (Å²) in [5.74, 6) is 0. The van der Waals surface area contributed by atoms with E-state index in [1.165, 1.54) is 16.7 Å². The normalized spacial score (nSPS) is 12.9. The Kier molecular flexibility index (Phi) is 8.54. The molecule has 1 atom stereocenters. The molecule has 1 rings (SSSR count). The molecule has 0 aromatic heterocycles. The molecule has 0 radical (unpaired) electrons. The molecule has 1 unspecified atom stereocenters. The number of hydrogen-bond donors (Lipinski definition) is 1.